The third kappa shape index (κ3) is 2.13. The number of halogens is 3. The molecule has 0 amide bonds. The van der Waals surface area contributed by atoms with Gasteiger partial charge in [0.15, 0.2) is 5.82 Å². The summed E-state index contributed by atoms with van der Waals surface area (Å²) in [5.41, 5.74) is 3.59. The fourth-order valence-electron chi connectivity index (χ4n) is 1.17. The van der Waals surface area contributed by atoms with E-state index in [9.17, 15) is 18.0 Å². The van der Waals surface area contributed by atoms with Crippen molar-refractivity contribution in [1.29, 1.82) is 0 Å². The Hall–Kier alpha value is -1.63. The van der Waals surface area contributed by atoms with Gasteiger partial charge in [-0.25, -0.2) is 18.0 Å². The van der Waals surface area contributed by atoms with E-state index in [1.54, 1.807) is 0 Å². The monoisotopic (exact) mass is 234 g/mol. The summed E-state index contributed by atoms with van der Waals surface area (Å²) in [4.78, 5) is 14.4. The zero-order valence-corrected chi connectivity index (χ0v) is 8.34. The van der Waals surface area contributed by atoms with Crippen LogP contribution in [0.1, 0.15) is 28.0 Å². The van der Waals surface area contributed by atoms with Crippen molar-refractivity contribution in [2.45, 2.75) is 13.0 Å². The highest BCUT2D eigenvalue weighted by molar-refractivity contribution is 5.91. The van der Waals surface area contributed by atoms with E-state index in [1.165, 1.54) is 0 Å². The van der Waals surface area contributed by atoms with Gasteiger partial charge in [0.05, 0.1) is 7.11 Å². The Kier molecular flexibility index (Phi) is 3.83. The highest BCUT2D eigenvalue weighted by Crippen LogP contribution is 2.24. The van der Waals surface area contributed by atoms with Crippen LogP contribution in [0.3, 0.4) is 0 Å². The smallest absolute Gasteiger partial charge is 0.341 e. The van der Waals surface area contributed by atoms with Gasteiger partial charge in [-0.15, -0.1) is 0 Å². The minimum Gasteiger partial charge on any atom is -0.465 e. The number of hydrogen-bond acceptors (Lipinski definition) is 4. The second-order valence-corrected chi connectivity index (χ2v) is 2.85. The Bertz CT molecular complexity index is 410. The molecule has 2 N–H and O–H groups in total. The van der Waals surface area contributed by atoms with Gasteiger partial charge >= 0.3 is 5.97 Å². The van der Waals surface area contributed by atoms with Crippen molar-refractivity contribution in [2.75, 3.05) is 7.11 Å². The zero-order valence-electron chi connectivity index (χ0n) is 8.34. The van der Waals surface area contributed by atoms with E-state index < -0.39 is 29.5 Å². The summed E-state index contributed by atoms with van der Waals surface area (Å²) in [5, 5.41) is 0. The topological polar surface area (TPSA) is 65.2 Å². The molecule has 88 valence electrons. The summed E-state index contributed by atoms with van der Waals surface area (Å²) in [6, 6.07) is 0. The van der Waals surface area contributed by atoms with Gasteiger partial charge in [0.2, 0.25) is 0 Å². The first-order valence-corrected chi connectivity index (χ1v) is 4.26. The highest BCUT2D eigenvalue weighted by Gasteiger charge is 2.25. The summed E-state index contributed by atoms with van der Waals surface area (Å²) in [7, 11) is 1.02. The predicted molar refractivity (Wildman–Crippen MR) is 48.4 cm³/mol. The van der Waals surface area contributed by atoms with Crippen LogP contribution in [0.15, 0.2) is 6.20 Å². The molecule has 0 aromatic carbocycles. The second-order valence-electron chi connectivity index (χ2n) is 2.85. The number of nitrogens with two attached hydrogens (primary N) is 1. The number of rotatable bonds is 3. The Morgan fingerprint density at radius 1 is 1.62 bits per heavy atom. The first-order valence-electron chi connectivity index (χ1n) is 4.26. The standard InChI is InChI=1S/C9H9F3N2O2/c1-16-9(15)5-4(2-13)3-14-7(6(5)10)8(11)12/h3,8H,2,13H2,1H3. The highest BCUT2D eigenvalue weighted by atomic mass is 19.3. The molecule has 1 rings (SSSR count). The SMILES string of the molecule is COC(=O)c1c(CN)cnc(C(F)F)c1F. The van der Waals surface area contributed by atoms with Crippen molar-refractivity contribution in [3.8, 4) is 0 Å². The van der Waals surface area contributed by atoms with Crippen LogP contribution in [-0.2, 0) is 11.3 Å². The lowest BCUT2D eigenvalue weighted by Crippen LogP contribution is -2.15. The molecule has 1 aromatic rings. The summed E-state index contributed by atoms with van der Waals surface area (Å²) < 4.78 is 42.4. The van der Waals surface area contributed by atoms with Gasteiger partial charge in [0, 0.05) is 18.3 Å². The number of hydrogen-bond donors (Lipinski definition) is 1. The molecule has 0 aliphatic heterocycles. The van der Waals surface area contributed by atoms with Gasteiger partial charge in [-0.2, -0.15) is 0 Å². The first kappa shape index (κ1) is 12.4. The van der Waals surface area contributed by atoms with E-state index in [4.69, 9.17) is 5.73 Å². The van der Waals surface area contributed by atoms with E-state index in [1.807, 2.05) is 0 Å². The normalized spacial score (nSPS) is 10.6. The lowest BCUT2D eigenvalue weighted by Gasteiger charge is -2.09. The van der Waals surface area contributed by atoms with E-state index in [0.717, 1.165) is 13.3 Å². The number of aromatic nitrogens is 1. The lowest BCUT2D eigenvalue weighted by atomic mass is 10.1. The molecular formula is C9H9F3N2O2. The number of ether oxygens (including phenoxy) is 1. The fourth-order valence-corrected chi connectivity index (χ4v) is 1.17. The van der Waals surface area contributed by atoms with Crippen molar-refractivity contribution in [2.24, 2.45) is 5.73 Å². The molecule has 1 heterocycles. The van der Waals surface area contributed by atoms with Gasteiger partial charge in [-0.1, -0.05) is 0 Å². The molecule has 0 saturated heterocycles. The summed E-state index contributed by atoms with van der Waals surface area (Å²) in [6.45, 7) is -0.197. The molecule has 1 aromatic heterocycles. The third-order valence-electron chi connectivity index (χ3n) is 1.94. The van der Waals surface area contributed by atoms with Crippen LogP contribution >= 0.6 is 0 Å². The Balaban J connectivity index is 3.40. The number of esters is 1. The average molecular weight is 234 g/mol. The molecular weight excluding hydrogens is 225 g/mol. The summed E-state index contributed by atoms with van der Waals surface area (Å²) in [5.74, 6) is -2.44. The zero-order chi connectivity index (χ0) is 12.3. The third-order valence-corrected chi connectivity index (χ3v) is 1.94. The van der Waals surface area contributed by atoms with Gasteiger partial charge in [0.1, 0.15) is 11.3 Å². The second kappa shape index (κ2) is 4.93. The summed E-state index contributed by atoms with van der Waals surface area (Å²) in [6.07, 6.45) is -2.16. The molecule has 0 bridgehead atoms. The minimum atomic E-state index is -3.10. The molecule has 0 unspecified atom stereocenters. The average Bonchev–Trinajstić information content (AvgIpc) is 2.26. The number of pyridine rings is 1. The van der Waals surface area contributed by atoms with E-state index in [2.05, 4.69) is 9.72 Å². The van der Waals surface area contributed by atoms with Crippen LogP contribution in [0.2, 0.25) is 0 Å². The van der Waals surface area contributed by atoms with Crippen molar-refractivity contribution in [1.82, 2.24) is 4.98 Å². The van der Waals surface area contributed by atoms with Crippen LogP contribution in [0, 0.1) is 5.82 Å². The van der Waals surface area contributed by atoms with Crippen LogP contribution in [0.25, 0.3) is 0 Å². The van der Waals surface area contributed by atoms with Crippen LogP contribution in [0.4, 0.5) is 13.2 Å². The molecule has 0 aliphatic rings. The summed E-state index contributed by atoms with van der Waals surface area (Å²) >= 11 is 0. The lowest BCUT2D eigenvalue weighted by molar-refractivity contribution is 0.0592. The van der Waals surface area contributed by atoms with Gasteiger partial charge in [-0.3, -0.25) is 4.98 Å². The van der Waals surface area contributed by atoms with Crippen LogP contribution in [0.5, 0.6) is 0 Å². The van der Waals surface area contributed by atoms with E-state index >= 15 is 0 Å². The van der Waals surface area contributed by atoms with Gasteiger partial charge in [-0.05, 0) is 0 Å². The van der Waals surface area contributed by atoms with Crippen molar-refractivity contribution < 1.29 is 22.7 Å². The molecule has 0 atom stereocenters. The fraction of sp³-hybridized carbons (Fsp3) is 0.333. The maximum atomic E-state index is 13.5. The van der Waals surface area contributed by atoms with Crippen LogP contribution < -0.4 is 5.73 Å². The van der Waals surface area contributed by atoms with Crippen molar-refractivity contribution in [3.05, 3.63) is 28.8 Å². The van der Waals surface area contributed by atoms with Crippen molar-refractivity contribution >= 4 is 5.97 Å². The van der Waals surface area contributed by atoms with Gasteiger partial charge in [0.25, 0.3) is 6.43 Å². The minimum absolute atomic E-state index is 0.0220. The maximum Gasteiger partial charge on any atom is 0.341 e. The van der Waals surface area contributed by atoms with E-state index in [-0.39, 0.29) is 12.1 Å². The number of alkyl halides is 2. The Morgan fingerprint density at radius 2 is 2.25 bits per heavy atom. The predicted octanol–water partition coefficient (Wildman–Crippen LogP) is 1.40. The molecule has 0 fully saturated rings. The molecule has 0 saturated carbocycles. The largest absolute Gasteiger partial charge is 0.465 e. The number of carbonyl (C=O) groups is 1. The molecule has 0 aliphatic carbocycles. The molecule has 0 radical (unpaired) electrons. The number of carbonyl (C=O) groups excluding carboxylic acids is 1. The molecule has 16 heavy (non-hydrogen) atoms. The quantitative estimate of drug-likeness (QED) is 0.803. The van der Waals surface area contributed by atoms with Crippen LogP contribution in [-0.4, -0.2) is 18.1 Å². The van der Waals surface area contributed by atoms with Gasteiger partial charge < -0.3 is 10.5 Å². The Labute approximate surface area is 89.2 Å². The first-order chi connectivity index (χ1) is 7.52. The van der Waals surface area contributed by atoms with E-state index in [0.29, 0.717) is 0 Å². The maximum absolute atomic E-state index is 13.5. The van der Waals surface area contributed by atoms with Crippen molar-refractivity contribution in [3.63, 3.8) is 0 Å². The number of nitrogens with zero attached hydrogens (tertiary/aromatic N) is 1. The molecule has 4 nitrogen and oxygen atoms in total. The molecule has 7 heteroatoms. The number of methoxy groups -OCH3 is 1. The molecule has 0 spiro atoms. The Morgan fingerprint density at radius 3 is 2.69 bits per heavy atom.